The van der Waals surface area contributed by atoms with Crippen LogP contribution in [0, 0.1) is 0 Å². The number of amides is 2. The van der Waals surface area contributed by atoms with Crippen LogP contribution in [0.5, 0.6) is 0 Å². The molecule has 1 aromatic carbocycles. The first-order valence-corrected chi connectivity index (χ1v) is 9.25. The molecule has 0 spiro atoms. The Bertz CT molecular complexity index is 742. The Morgan fingerprint density at radius 1 is 1.29 bits per heavy atom. The van der Waals surface area contributed by atoms with E-state index >= 15 is 0 Å². The van der Waals surface area contributed by atoms with E-state index in [0.717, 1.165) is 12.8 Å². The Morgan fingerprint density at radius 3 is 2.75 bits per heavy atom. The first-order chi connectivity index (χ1) is 11.6. The zero-order chi connectivity index (χ0) is 17.1. The Kier molecular flexibility index (Phi) is 5.21. The number of fused-ring (bicyclic) bond motifs is 1. The van der Waals surface area contributed by atoms with Gasteiger partial charge in [0.15, 0.2) is 0 Å². The van der Waals surface area contributed by atoms with Crippen molar-refractivity contribution < 1.29 is 9.59 Å². The Morgan fingerprint density at radius 2 is 2.04 bits per heavy atom. The van der Waals surface area contributed by atoms with Crippen molar-refractivity contribution in [1.82, 2.24) is 10.2 Å². The van der Waals surface area contributed by atoms with Crippen molar-refractivity contribution in [3.63, 3.8) is 0 Å². The molecule has 0 bridgehead atoms. The highest BCUT2D eigenvalue weighted by atomic mass is 35.5. The minimum absolute atomic E-state index is 0.0113. The highest BCUT2D eigenvalue weighted by Crippen LogP contribution is 2.35. The van der Waals surface area contributed by atoms with E-state index in [9.17, 15) is 9.59 Å². The van der Waals surface area contributed by atoms with Crippen LogP contribution in [0.3, 0.4) is 0 Å². The third-order valence-corrected chi connectivity index (χ3v) is 5.56. The van der Waals surface area contributed by atoms with Crippen molar-refractivity contribution in [2.45, 2.75) is 25.8 Å². The zero-order valence-electron chi connectivity index (χ0n) is 13.4. The smallest absolute Gasteiger partial charge is 0.251 e. The molecule has 2 aromatic rings. The summed E-state index contributed by atoms with van der Waals surface area (Å²) in [6.45, 7) is 2.81. The fourth-order valence-corrected chi connectivity index (χ4v) is 4.15. The molecule has 0 radical (unpaired) electrons. The van der Waals surface area contributed by atoms with Crippen molar-refractivity contribution in [2.24, 2.45) is 0 Å². The molecule has 0 fully saturated rings. The average Bonchev–Trinajstić information content (AvgIpc) is 3.07. The predicted octanol–water partition coefficient (Wildman–Crippen LogP) is 3.67. The fourth-order valence-electron chi connectivity index (χ4n) is 3.10. The van der Waals surface area contributed by atoms with E-state index in [1.165, 1.54) is 10.4 Å². The lowest BCUT2D eigenvalue weighted by molar-refractivity contribution is -0.133. The number of carbonyl (C=O) groups is 2. The van der Waals surface area contributed by atoms with Crippen molar-refractivity contribution in [3.05, 3.63) is 56.7 Å². The summed E-state index contributed by atoms with van der Waals surface area (Å²) in [6.07, 6.45) is 1.76. The van der Waals surface area contributed by atoms with Crippen LogP contribution in [0.2, 0.25) is 5.02 Å². The van der Waals surface area contributed by atoms with E-state index in [0.29, 0.717) is 17.1 Å². The standard InChI is InChI=1S/C18H19ClN2O2S/c1-2-15-14-8-10-24-16(14)7-9-21(15)17(22)11-20-18(23)12-3-5-13(19)6-4-12/h3-6,8,10,15H,2,7,9,11H2,1H3,(H,20,23)/t15-/m0/s1. The molecule has 126 valence electrons. The van der Waals surface area contributed by atoms with Gasteiger partial charge >= 0.3 is 0 Å². The van der Waals surface area contributed by atoms with Gasteiger partial charge in [0.25, 0.3) is 5.91 Å². The molecule has 0 saturated carbocycles. The maximum absolute atomic E-state index is 12.6. The van der Waals surface area contributed by atoms with Gasteiger partial charge < -0.3 is 10.2 Å². The van der Waals surface area contributed by atoms with Gasteiger partial charge in [0.05, 0.1) is 12.6 Å². The van der Waals surface area contributed by atoms with Crippen LogP contribution in [-0.2, 0) is 11.2 Å². The molecule has 1 atom stereocenters. The van der Waals surface area contributed by atoms with Gasteiger partial charge in [-0.25, -0.2) is 0 Å². The van der Waals surface area contributed by atoms with Crippen molar-refractivity contribution in [1.29, 1.82) is 0 Å². The summed E-state index contributed by atoms with van der Waals surface area (Å²) in [5.74, 6) is -0.303. The Labute approximate surface area is 150 Å². The van der Waals surface area contributed by atoms with Crippen molar-refractivity contribution in [2.75, 3.05) is 13.1 Å². The number of hydrogen-bond acceptors (Lipinski definition) is 3. The largest absolute Gasteiger partial charge is 0.343 e. The molecule has 0 saturated heterocycles. The number of rotatable bonds is 4. The molecule has 0 aliphatic carbocycles. The maximum atomic E-state index is 12.6. The van der Waals surface area contributed by atoms with Crippen LogP contribution < -0.4 is 5.32 Å². The normalized spacial score (nSPS) is 16.6. The number of benzene rings is 1. The summed E-state index contributed by atoms with van der Waals surface area (Å²) >= 11 is 7.57. The van der Waals surface area contributed by atoms with Gasteiger partial charge in [-0.15, -0.1) is 11.3 Å². The lowest BCUT2D eigenvalue weighted by atomic mass is 9.98. The second kappa shape index (κ2) is 7.36. The average molecular weight is 363 g/mol. The number of halogens is 1. The minimum atomic E-state index is -0.263. The van der Waals surface area contributed by atoms with Crippen molar-refractivity contribution in [3.8, 4) is 0 Å². The quantitative estimate of drug-likeness (QED) is 0.902. The highest BCUT2D eigenvalue weighted by molar-refractivity contribution is 7.10. The van der Waals surface area contributed by atoms with Gasteiger partial charge in [0.2, 0.25) is 5.91 Å². The summed E-state index contributed by atoms with van der Waals surface area (Å²) in [5, 5.41) is 5.37. The Hall–Kier alpha value is -1.85. The lowest BCUT2D eigenvalue weighted by Crippen LogP contribution is -2.44. The topological polar surface area (TPSA) is 49.4 Å². The van der Waals surface area contributed by atoms with Gasteiger partial charge in [0, 0.05) is 22.0 Å². The number of hydrogen-bond donors (Lipinski definition) is 1. The van der Waals surface area contributed by atoms with Gasteiger partial charge in [-0.2, -0.15) is 0 Å². The predicted molar refractivity (Wildman–Crippen MR) is 96.6 cm³/mol. The van der Waals surface area contributed by atoms with Gasteiger partial charge in [-0.05, 0) is 54.1 Å². The number of nitrogens with one attached hydrogen (secondary N) is 1. The molecule has 1 aromatic heterocycles. The maximum Gasteiger partial charge on any atom is 0.251 e. The van der Waals surface area contributed by atoms with Gasteiger partial charge in [0.1, 0.15) is 0 Å². The fraction of sp³-hybridized carbons (Fsp3) is 0.333. The van der Waals surface area contributed by atoms with Crippen LogP contribution in [0.4, 0.5) is 0 Å². The molecular weight excluding hydrogens is 344 g/mol. The molecule has 24 heavy (non-hydrogen) atoms. The number of thiophene rings is 1. The van der Waals surface area contributed by atoms with Crippen LogP contribution in [-0.4, -0.2) is 29.8 Å². The van der Waals surface area contributed by atoms with Gasteiger partial charge in [-0.3, -0.25) is 9.59 Å². The summed E-state index contributed by atoms with van der Waals surface area (Å²) in [7, 11) is 0. The summed E-state index contributed by atoms with van der Waals surface area (Å²) < 4.78 is 0. The molecule has 6 heteroatoms. The summed E-state index contributed by atoms with van der Waals surface area (Å²) in [5.41, 5.74) is 1.75. The van der Waals surface area contributed by atoms with E-state index in [-0.39, 0.29) is 24.4 Å². The molecule has 2 heterocycles. The van der Waals surface area contributed by atoms with Gasteiger partial charge in [-0.1, -0.05) is 18.5 Å². The van der Waals surface area contributed by atoms with Crippen LogP contribution in [0.25, 0.3) is 0 Å². The summed E-state index contributed by atoms with van der Waals surface area (Å²) in [4.78, 5) is 28.0. The first kappa shape index (κ1) is 17.0. The second-order valence-electron chi connectivity index (χ2n) is 5.75. The molecule has 4 nitrogen and oxygen atoms in total. The molecule has 2 amide bonds. The number of nitrogens with zero attached hydrogens (tertiary/aromatic N) is 1. The van der Waals surface area contributed by atoms with Crippen molar-refractivity contribution >= 4 is 34.8 Å². The second-order valence-corrected chi connectivity index (χ2v) is 7.19. The molecule has 1 N–H and O–H groups in total. The van der Waals surface area contributed by atoms with Crippen LogP contribution in [0.15, 0.2) is 35.7 Å². The third kappa shape index (κ3) is 3.47. The van der Waals surface area contributed by atoms with E-state index in [1.54, 1.807) is 35.6 Å². The van der Waals surface area contributed by atoms with E-state index in [4.69, 9.17) is 11.6 Å². The zero-order valence-corrected chi connectivity index (χ0v) is 15.0. The molecule has 3 rings (SSSR count). The lowest BCUT2D eigenvalue weighted by Gasteiger charge is -2.35. The molecular formula is C18H19ClN2O2S. The molecule has 0 unspecified atom stereocenters. The molecule has 1 aliphatic rings. The summed E-state index contributed by atoms with van der Waals surface area (Å²) in [6, 6.07) is 8.84. The highest BCUT2D eigenvalue weighted by Gasteiger charge is 2.30. The number of carbonyl (C=O) groups excluding carboxylic acids is 2. The first-order valence-electron chi connectivity index (χ1n) is 7.99. The third-order valence-electron chi connectivity index (χ3n) is 4.31. The molecule has 1 aliphatic heterocycles. The monoisotopic (exact) mass is 362 g/mol. The van der Waals surface area contributed by atoms with Crippen LogP contribution >= 0.6 is 22.9 Å². The minimum Gasteiger partial charge on any atom is -0.343 e. The Balaban J connectivity index is 1.63. The van der Waals surface area contributed by atoms with E-state index in [2.05, 4.69) is 23.7 Å². The van der Waals surface area contributed by atoms with Crippen LogP contribution in [0.1, 0.15) is 40.2 Å². The van der Waals surface area contributed by atoms with E-state index < -0.39 is 0 Å². The SMILES string of the molecule is CC[C@H]1c2ccsc2CCN1C(=O)CNC(=O)c1ccc(Cl)cc1. The van der Waals surface area contributed by atoms with E-state index in [1.807, 2.05) is 4.90 Å².